The van der Waals surface area contributed by atoms with E-state index in [2.05, 4.69) is 44.3 Å². The highest BCUT2D eigenvalue weighted by Crippen LogP contribution is 2.36. The number of nitrogens with zero attached hydrogens (tertiary/aromatic N) is 2. The van der Waals surface area contributed by atoms with Crippen molar-refractivity contribution in [3.8, 4) is 11.1 Å². The molecule has 1 aliphatic heterocycles. The van der Waals surface area contributed by atoms with Crippen LogP contribution in [-0.2, 0) is 7.05 Å². The Kier molecular flexibility index (Phi) is 3.38. The van der Waals surface area contributed by atoms with E-state index in [9.17, 15) is 0 Å². The van der Waals surface area contributed by atoms with E-state index in [0.717, 1.165) is 6.54 Å². The molecule has 0 aliphatic carbocycles. The SMILES string of the molecule is Cc1ccc(C)c(-c2c(C3CCCN3)nn(C)c2C)c1. The van der Waals surface area contributed by atoms with E-state index in [1.165, 1.54) is 46.5 Å². The lowest BCUT2D eigenvalue weighted by Crippen LogP contribution is -2.14. The van der Waals surface area contributed by atoms with Gasteiger partial charge in [0.1, 0.15) is 0 Å². The van der Waals surface area contributed by atoms with Crippen molar-refractivity contribution in [2.24, 2.45) is 7.05 Å². The zero-order valence-electron chi connectivity index (χ0n) is 12.8. The molecule has 3 nitrogen and oxygen atoms in total. The second-order valence-electron chi connectivity index (χ2n) is 5.94. The molecule has 20 heavy (non-hydrogen) atoms. The van der Waals surface area contributed by atoms with Gasteiger partial charge in [0.05, 0.1) is 11.7 Å². The first-order valence-electron chi connectivity index (χ1n) is 7.42. The maximum absolute atomic E-state index is 4.79. The molecule has 1 aliphatic rings. The third-order valence-corrected chi connectivity index (χ3v) is 4.41. The lowest BCUT2D eigenvalue weighted by molar-refractivity contribution is 0.605. The molecule has 2 heterocycles. The van der Waals surface area contributed by atoms with Gasteiger partial charge in [-0.05, 0) is 51.3 Å². The summed E-state index contributed by atoms with van der Waals surface area (Å²) in [5.74, 6) is 0. The lowest BCUT2D eigenvalue weighted by Gasteiger charge is -2.13. The molecule has 3 heteroatoms. The molecule has 1 unspecified atom stereocenters. The zero-order valence-corrected chi connectivity index (χ0v) is 12.8. The van der Waals surface area contributed by atoms with Crippen LogP contribution in [-0.4, -0.2) is 16.3 Å². The monoisotopic (exact) mass is 269 g/mol. The van der Waals surface area contributed by atoms with Gasteiger partial charge < -0.3 is 5.32 Å². The van der Waals surface area contributed by atoms with E-state index in [0.29, 0.717) is 6.04 Å². The van der Waals surface area contributed by atoms with Crippen molar-refractivity contribution < 1.29 is 0 Å². The van der Waals surface area contributed by atoms with Crippen LogP contribution in [0.4, 0.5) is 0 Å². The molecule has 1 N–H and O–H groups in total. The quantitative estimate of drug-likeness (QED) is 0.905. The number of benzene rings is 1. The largest absolute Gasteiger partial charge is 0.309 e. The summed E-state index contributed by atoms with van der Waals surface area (Å²) in [6.45, 7) is 7.62. The van der Waals surface area contributed by atoms with Crippen molar-refractivity contribution in [1.29, 1.82) is 0 Å². The van der Waals surface area contributed by atoms with Crippen molar-refractivity contribution in [2.75, 3.05) is 6.54 Å². The maximum atomic E-state index is 4.79. The minimum absolute atomic E-state index is 0.407. The molecule has 1 aromatic heterocycles. The van der Waals surface area contributed by atoms with Crippen LogP contribution in [0.5, 0.6) is 0 Å². The van der Waals surface area contributed by atoms with Crippen molar-refractivity contribution >= 4 is 0 Å². The van der Waals surface area contributed by atoms with Gasteiger partial charge in [-0.3, -0.25) is 4.68 Å². The van der Waals surface area contributed by atoms with Gasteiger partial charge in [-0.15, -0.1) is 0 Å². The Morgan fingerprint density at radius 2 is 2.05 bits per heavy atom. The molecule has 0 radical (unpaired) electrons. The summed E-state index contributed by atoms with van der Waals surface area (Å²) in [6.07, 6.45) is 2.43. The second-order valence-corrected chi connectivity index (χ2v) is 5.94. The summed E-state index contributed by atoms with van der Waals surface area (Å²) in [5.41, 5.74) is 7.76. The molecule has 0 bridgehead atoms. The van der Waals surface area contributed by atoms with Crippen molar-refractivity contribution in [3.05, 3.63) is 40.7 Å². The number of hydrogen-bond acceptors (Lipinski definition) is 2. The predicted molar refractivity (Wildman–Crippen MR) is 82.8 cm³/mol. The van der Waals surface area contributed by atoms with Gasteiger partial charge in [0.25, 0.3) is 0 Å². The third kappa shape index (κ3) is 2.16. The number of hydrogen-bond donors (Lipinski definition) is 1. The number of aromatic nitrogens is 2. The van der Waals surface area contributed by atoms with E-state index in [-0.39, 0.29) is 0 Å². The van der Waals surface area contributed by atoms with Gasteiger partial charge in [-0.25, -0.2) is 0 Å². The summed E-state index contributed by atoms with van der Waals surface area (Å²) in [7, 11) is 2.04. The first-order chi connectivity index (χ1) is 9.58. The highest BCUT2D eigenvalue weighted by molar-refractivity contribution is 5.73. The highest BCUT2D eigenvalue weighted by atomic mass is 15.3. The lowest BCUT2D eigenvalue weighted by atomic mass is 9.94. The molecule has 0 saturated carbocycles. The molecule has 3 rings (SSSR count). The average molecular weight is 269 g/mol. The van der Waals surface area contributed by atoms with Gasteiger partial charge in [0.2, 0.25) is 0 Å². The van der Waals surface area contributed by atoms with E-state index in [4.69, 9.17) is 5.10 Å². The maximum Gasteiger partial charge on any atom is 0.0875 e. The van der Waals surface area contributed by atoms with Crippen LogP contribution < -0.4 is 5.32 Å². The molecule has 2 aromatic rings. The van der Waals surface area contributed by atoms with Crippen LogP contribution >= 0.6 is 0 Å². The van der Waals surface area contributed by atoms with Crippen molar-refractivity contribution in [1.82, 2.24) is 15.1 Å². The molecule has 106 valence electrons. The standard InChI is InChI=1S/C17H23N3/c1-11-7-8-12(2)14(10-11)16-13(3)20(4)19-17(16)15-6-5-9-18-15/h7-8,10,15,18H,5-6,9H2,1-4H3. The van der Waals surface area contributed by atoms with Gasteiger partial charge in [0, 0.05) is 18.3 Å². The summed E-state index contributed by atoms with van der Waals surface area (Å²) in [4.78, 5) is 0. The van der Waals surface area contributed by atoms with Crippen LogP contribution in [0.3, 0.4) is 0 Å². The summed E-state index contributed by atoms with van der Waals surface area (Å²) >= 11 is 0. The minimum Gasteiger partial charge on any atom is -0.309 e. The van der Waals surface area contributed by atoms with Crippen LogP contribution in [0, 0.1) is 20.8 Å². The Balaban J connectivity index is 2.19. The normalized spacial score (nSPS) is 18.7. The Morgan fingerprint density at radius 1 is 1.25 bits per heavy atom. The number of rotatable bonds is 2. The molecule has 0 amide bonds. The fourth-order valence-electron chi connectivity index (χ4n) is 3.13. The topological polar surface area (TPSA) is 29.9 Å². The first-order valence-corrected chi connectivity index (χ1v) is 7.42. The van der Waals surface area contributed by atoms with E-state index in [1.807, 2.05) is 11.7 Å². The molecule has 1 fully saturated rings. The minimum atomic E-state index is 0.407. The van der Waals surface area contributed by atoms with Crippen LogP contribution in [0.25, 0.3) is 11.1 Å². The summed E-state index contributed by atoms with van der Waals surface area (Å²) < 4.78 is 2.02. The van der Waals surface area contributed by atoms with Crippen molar-refractivity contribution in [3.63, 3.8) is 0 Å². The van der Waals surface area contributed by atoms with Gasteiger partial charge >= 0.3 is 0 Å². The zero-order chi connectivity index (χ0) is 14.3. The fourth-order valence-corrected chi connectivity index (χ4v) is 3.13. The van der Waals surface area contributed by atoms with Crippen LogP contribution in [0.15, 0.2) is 18.2 Å². The van der Waals surface area contributed by atoms with Gasteiger partial charge in [-0.2, -0.15) is 5.10 Å². The summed E-state index contributed by atoms with van der Waals surface area (Å²) in [5, 5.41) is 8.38. The van der Waals surface area contributed by atoms with E-state index >= 15 is 0 Å². The molecular weight excluding hydrogens is 246 g/mol. The Bertz CT molecular complexity index is 634. The smallest absolute Gasteiger partial charge is 0.0875 e. The summed E-state index contributed by atoms with van der Waals surface area (Å²) in [6, 6.07) is 7.09. The van der Waals surface area contributed by atoms with Crippen molar-refractivity contribution in [2.45, 2.75) is 39.7 Å². The molecule has 1 atom stereocenters. The van der Waals surface area contributed by atoms with E-state index in [1.54, 1.807) is 0 Å². The van der Waals surface area contributed by atoms with Crippen LogP contribution in [0.2, 0.25) is 0 Å². The van der Waals surface area contributed by atoms with Gasteiger partial charge in [-0.1, -0.05) is 23.8 Å². The Hall–Kier alpha value is -1.61. The molecule has 1 aromatic carbocycles. The molecular formula is C17H23N3. The average Bonchev–Trinajstić information content (AvgIpc) is 3.03. The number of aryl methyl sites for hydroxylation is 3. The van der Waals surface area contributed by atoms with Crippen LogP contribution in [0.1, 0.15) is 41.4 Å². The molecule has 0 spiro atoms. The van der Waals surface area contributed by atoms with Gasteiger partial charge in [0.15, 0.2) is 0 Å². The Morgan fingerprint density at radius 3 is 2.75 bits per heavy atom. The fraction of sp³-hybridized carbons (Fsp3) is 0.471. The Labute approximate surface area is 121 Å². The van der Waals surface area contributed by atoms with E-state index < -0.39 is 0 Å². The third-order valence-electron chi connectivity index (χ3n) is 4.41. The molecule has 1 saturated heterocycles. The highest BCUT2D eigenvalue weighted by Gasteiger charge is 2.25. The first kappa shape index (κ1) is 13.4. The predicted octanol–water partition coefficient (Wildman–Crippen LogP) is 3.44. The number of nitrogens with one attached hydrogen (secondary N) is 1. The second kappa shape index (κ2) is 5.06.